The van der Waals surface area contributed by atoms with Crippen molar-refractivity contribution in [3.63, 3.8) is 0 Å². The maximum absolute atomic E-state index is 11.7. The summed E-state index contributed by atoms with van der Waals surface area (Å²) >= 11 is 0. The van der Waals surface area contributed by atoms with E-state index in [9.17, 15) is 22.0 Å². The maximum Gasteiger partial charge on any atom is 0.490 e. The monoisotopic (exact) mass is 223 g/mol. The molecule has 0 aromatic heterocycles. The van der Waals surface area contributed by atoms with Crippen molar-refractivity contribution in [2.24, 2.45) is 0 Å². The maximum atomic E-state index is 11.7. The van der Waals surface area contributed by atoms with E-state index in [1.165, 1.54) is 7.05 Å². The summed E-state index contributed by atoms with van der Waals surface area (Å²) in [6.45, 7) is 0.635. The van der Waals surface area contributed by atoms with E-state index in [4.69, 9.17) is 9.90 Å². The average molecular weight is 223 g/mol. The van der Waals surface area contributed by atoms with Crippen LogP contribution in [-0.2, 0) is 4.79 Å². The van der Waals surface area contributed by atoms with E-state index in [-0.39, 0.29) is 6.54 Å². The van der Waals surface area contributed by atoms with Gasteiger partial charge in [0.2, 0.25) is 0 Å². The van der Waals surface area contributed by atoms with E-state index in [0.29, 0.717) is 0 Å². The van der Waals surface area contributed by atoms with Gasteiger partial charge in [-0.2, -0.15) is 13.2 Å². The molecular weight excluding hydrogens is 213 g/mol. The van der Waals surface area contributed by atoms with Gasteiger partial charge in [0.05, 0.1) is 6.54 Å². The molecule has 0 aromatic carbocycles. The number of hydrogen-bond donors (Lipinski definition) is 2. The number of alkyl halides is 5. The third-order valence-electron chi connectivity index (χ3n) is 0.730. The Balaban J connectivity index is 0. The molecule has 2 N–H and O–H groups in total. The summed E-state index contributed by atoms with van der Waals surface area (Å²) in [6.07, 6.45) is -5.08. The highest BCUT2D eigenvalue weighted by atomic mass is 19.4. The first-order chi connectivity index (χ1) is 6.00. The smallest absolute Gasteiger partial charge is 0.475 e. The van der Waals surface area contributed by atoms with Crippen molar-refractivity contribution in [3.8, 4) is 0 Å². The molecule has 0 saturated carbocycles. The average Bonchev–Trinajstić information content (AvgIpc) is 1.82. The number of aliphatic carboxylic acids is 1. The van der Waals surface area contributed by atoms with Gasteiger partial charge in [0, 0.05) is 6.92 Å². The van der Waals surface area contributed by atoms with Crippen LogP contribution in [0.1, 0.15) is 6.92 Å². The van der Waals surface area contributed by atoms with Crippen LogP contribution in [-0.4, -0.2) is 36.8 Å². The summed E-state index contributed by atoms with van der Waals surface area (Å²) in [5.41, 5.74) is 0. The van der Waals surface area contributed by atoms with Crippen molar-refractivity contribution in [3.05, 3.63) is 0 Å². The fourth-order valence-electron chi connectivity index (χ4n) is 0.310. The molecule has 0 bridgehead atoms. The Labute approximate surface area is 76.9 Å². The molecule has 3 nitrogen and oxygen atoms in total. The Morgan fingerprint density at radius 1 is 1.29 bits per heavy atom. The fraction of sp³-hybridized carbons (Fsp3) is 0.833. The highest BCUT2D eigenvalue weighted by Gasteiger charge is 2.38. The first-order valence-corrected chi connectivity index (χ1v) is 3.33. The molecule has 0 radical (unpaired) electrons. The molecule has 0 aliphatic heterocycles. The molecule has 0 atom stereocenters. The van der Waals surface area contributed by atoms with Crippen LogP contribution in [0.25, 0.3) is 0 Å². The van der Waals surface area contributed by atoms with E-state index in [1.807, 2.05) is 0 Å². The zero-order chi connectivity index (χ0) is 12.0. The van der Waals surface area contributed by atoms with Gasteiger partial charge < -0.3 is 10.4 Å². The van der Waals surface area contributed by atoms with Crippen molar-refractivity contribution in [1.29, 1.82) is 0 Å². The number of hydrogen-bond acceptors (Lipinski definition) is 2. The number of halogens is 5. The summed E-state index contributed by atoms with van der Waals surface area (Å²) in [6, 6.07) is 0. The Morgan fingerprint density at radius 3 is 1.57 bits per heavy atom. The van der Waals surface area contributed by atoms with Crippen LogP contribution < -0.4 is 5.32 Å². The third-order valence-corrected chi connectivity index (χ3v) is 0.730. The Morgan fingerprint density at radius 2 is 1.57 bits per heavy atom. The summed E-state index contributed by atoms with van der Waals surface area (Å²) in [4.78, 5) is 8.90. The lowest BCUT2D eigenvalue weighted by atomic mass is 10.4. The molecule has 0 heterocycles. The van der Waals surface area contributed by atoms with Crippen molar-refractivity contribution >= 4 is 5.97 Å². The minimum absolute atomic E-state index is 0.243. The standard InChI is InChI=1S/C4H9F2N.C2HF3O2/c1-4(5,6)3-7-2;3-2(4,5)1(6)7/h7H,3H2,1-2H3;(H,6,7). The van der Waals surface area contributed by atoms with Crippen molar-refractivity contribution in [1.82, 2.24) is 5.32 Å². The van der Waals surface area contributed by atoms with E-state index >= 15 is 0 Å². The lowest BCUT2D eigenvalue weighted by Crippen LogP contribution is -2.26. The second-order valence-corrected chi connectivity index (χ2v) is 2.40. The highest BCUT2D eigenvalue weighted by Crippen LogP contribution is 2.13. The molecule has 0 aliphatic carbocycles. The van der Waals surface area contributed by atoms with Crippen molar-refractivity contribution < 1.29 is 31.9 Å². The molecule has 86 valence electrons. The quantitative estimate of drug-likeness (QED) is 0.697. The molecular formula is C6H10F5NO2. The minimum Gasteiger partial charge on any atom is -0.475 e. The van der Waals surface area contributed by atoms with Gasteiger partial charge in [-0.3, -0.25) is 0 Å². The van der Waals surface area contributed by atoms with Crippen LogP contribution in [0, 0.1) is 0 Å². The normalized spacial score (nSPS) is 11.6. The second kappa shape index (κ2) is 5.74. The number of nitrogens with one attached hydrogen (secondary N) is 1. The molecule has 0 aromatic rings. The second-order valence-electron chi connectivity index (χ2n) is 2.40. The van der Waals surface area contributed by atoms with Crippen molar-refractivity contribution in [2.75, 3.05) is 13.6 Å². The van der Waals surface area contributed by atoms with Crippen LogP contribution in [0.15, 0.2) is 0 Å². The summed E-state index contributed by atoms with van der Waals surface area (Å²) < 4.78 is 55.1. The molecule has 14 heavy (non-hydrogen) atoms. The molecule has 0 fully saturated rings. The van der Waals surface area contributed by atoms with Crippen LogP contribution in [0.5, 0.6) is 0 Å². The lowest BCUT2D eigenvalue weighted by Gasteiger charge is -2.06. The molecule has 0 unspecified atom stereocenters. The SMILES string of the molecule is CNCC(C)(F)F.O=C(O)C(F)(F)F. The number of rotatable bonds is 2. The Kier molecular flexibility index (Phi) is 6.37. The van der Waals surface area contributed by atoms with Gasteiger partial charge in [-0.1, -0.05) is 0 Å². The van der Waals surface area contributed by atoms with E-state index in [1.54, 1.807) is 0 Å². The topological polar surface area (TPSA) is 49.3 Å². The summed E-state index contributed by atoms with van der Waals surface area (Å²) in [5, 5.41) is 9.48. The van der Waals surface area contributed by atoms with Gasteiger partial charge in [0.25, 0.3) is 5.92 Å². The van der Waals surface area contributed by atoms with E-state index < -0.39 is 18.1 Å². The number of carboxylic acids is 1. The van der Waals surface area contributed by atoms with Gasteiger partial charge in [0.15, 0.2) is 0 Å². The van der Waals surface area contributed by atoms with Crippen LogP contribution in [0.3, 0.4) is 0 Å². The number of carbonyl (C=O) groups is 1. The summed E-state index contributed by atoms with van der Waals surface area (Å²) in [7, 11) is 1.50. The molecule has 0 amide bonds. The molecule has 8 heteroatoms. The lowest BCUT2D eigenvalue weighted by molar-refractivity contribution is -0.192. The number of carboxylic acid groups (broad SMARTS) is 1. The minimum atomic E-state index is -5.08. The highest BCUT2D eigenvalue weighted by molar-refractivity contribution is 5.73. The Hall–Kier alpha value is -0.920. The first-order valence-electron chi connectivity index (χ1n) is 3.33. The van der Waals surface area contributed by atoms with Crippen molar-refractivity contribution in [2.45, 2.75) is 19.0 Å². The van der Waals surface area contributed by atoms with E-state index in [0.717, 1.165) is 6.92 Å². The van der Waals surface area contributed by atoms with Crippen LogP contribution >= 0.6 is 0 Å². The van der Waals surface area contributed by atoms with Gasteiger partial charge >= 0.3 is 12.1 Å². The Bertz CT molecular complexity index is 174. The molecule has 0 aliphatic rings. The van der Waals surface area contributed by atoms with Crippen LogP contribution in [0.2, 0.25) is 0 Å². The predicted octanol–water partition coefficient (Wildman–Crippen LogP) is 1.49. The van der Waals surface area contributed by atoms with Gasteiger partial charge in [-0.25, -0.2) is 13.6 Å². The molecule has 0 saturated heterocycles. The fourth-order valence-corrected chi connectivity index (χ4v) is 0.310. The van der Waals surface area contributed by atoms with Crippen LogP contribution in [0.4, 0.5) is 22.0 Å². The zero-order valence-electron chi connectivity index (χ0n) is 7.45. The molecule has 0 spiro atoms. The summed E-state index contributed by atoms with van der Waals surface area (Å²) in [5.74, 6) is -5.32. The van der Waals surface area contributed by atoms with Gasteiger partial charge in [0.1, 0.15) is 0 Å². The first kappa shape index (κ1) is 15.5. The largest absolute Gasteiger partial charge is 0.490 e. The predicted molar refractivity (Wildman–Crippen MR) is 38.2 cm³/mol. The molecule has 0 rings (SSSR count). The van der Waals surface area contributed by atoms with E-state index in [2.05, 4.69) is 5.32 Å². The van der Waals surface area contributed by atoms with Gasteiger partial charge in [-0.05, 0) is 7.05 Å². The third kappa shape index (κ3) is 13.7. The zero-order valence-corrected chi connectivity index (χ0v) is 7.45. The van der Waals surface area contributed by atoms with Gasteiger partial charge in [-0.15, -0.1) is 0 Å².